The van der Waals surface area contributed by atoms with Gasteiger partial charge in [-0.25, -0.2) is 0 Å². The predicted octanol–water partition coefficient (Wildman–Crippen LogP) is 1.84. The highest BCUT2D eigenvalue weighted by Crippen LogP contribution is 2.36. The van der Waals surface area contributed by atoms with E-state index in [0.717, 1.165) is 23.5 Å². The second kappa shape index (κ2) is 4.52. The van der Waals surface area contributed by atoms with Crippen LogP contribution in [-0.4, -0.2) is 25.2 Å². The van der Waals surface area contributed by atoms with Gasteiger partial charge in [-0.15, -0.1) is 0 Å². The van der Waals surface area contributed by atoms with Crippen molar-refractivity contribution < 1.29 is 14.3 Å². The van der Waals surface area contributed by atoms with Crippen molar-refractivity contribution in [3.8, 4) is 11.5 Å². The number of hydrogen-bond acceptors (Lipinski definition) is 3. The molecule has 1 fully saturated rings. The van der Waals surface area contributed by atoms with E-state index >= 15 is 0 Å². The van der Waals surface area contributed by atoms with Crippen LogP contribution in [0.1, 0.15) is 31.2 Å². The number of fused-ring (bicyclic) bond motifs is 1. The summed E-state index contributed by atoms with van der Waals surface area (Å²) in [6.07, 6.45) is 1.46. The van der Waals surface area contributed by atoms with E-state index in [9.17, 15) is 4.79 Å². The fraction of sp³-hybridized carbons (Fsp3) is 0.500. The molecule has 96 valence electrons. The Morgan fingerprint density at radius 2 is 2.00 bits per heavy atom. The third kappa shape index (κ3) is 2.03. The molecule has 0 aromatic heterocycles. The average Bonchev–Trinajstić information content (AvgIpc) is 2.58. The van der Waals surface area contributed by atoms with Crippen molar-refractivity contribution in [2.45, 2.75) is 31.7 Å². The summed E-state index contributed by atoms with van der Waals surface area (Å²) in [4.78, 5) is 11.4. The Labute approximate surface area is 106 Å². The second-order valence-corrected chi connectivity index (χ2v) is 4.92. The standard InChI is InChI=1S/C14H17NO3/c1-9-11(8-14(16)15-9)10-3-4-12-13(7-10)18-6-2-5-17-12/h3-4,7,9,11H,2,5-6,8H2,1H3,(H,15,16). The van der Waals surface area contributed by atoms with E-state index in [1.54, 1.807) is 0 Å². The van der Waals surface area contributed by atoms with E-state index in [2.05, 4.69) is 5.32 Å². The first kappa shape index (κ1) is 11.4. The quantitative estimate of drug-likeness (QED) is 0.823. The van der Waals surface area contributed by atoms with Gasteiger partial charge in [0.2, 0.25) is 5.91 Å². The SMILES string of the molecule is CC1NC(=O)CC1c1ccc2c(c1)OCCCO2. The normalized spacial score (nSPS) is 26.6. The molecule has 4 nitrogen and oxygen atoms in total. The molecule has 4 heteroatoms. The summed E-state index contributed by atoms with van der Waals surface area (Å²) in [6.45, 7) is 3.43. The number of ether oxygens (including phenoxy) is 2. The third-order valence-corrected chi connectivity index (χ3v) is 3.60. The van der Waals surface area contributed by atoms with Crippen molar-refractivity contribution >= 4 is 5.91 Å². The van der Waals surface area contributed by atoms with Gasteiger partial charge in [0, 0.05) is 24.8 Å². The van der Waals surface area contributed by atoms with Gasteiger partial charge >= 0.3 is 0 Å². The number of carbonyl (C=O) groups excluding carboxylic acids is 1. The Hall–Kier alpha value is -1.71. The minimum atomic E-state index is 0.125. The third-order valence-electron chi connectivity index (χ3n) is 3.60. The Morgan fingerprint density at radius 3 is 2.72 bits per heavy atom. The average molecular weight is 247 g/mol. The minimum absolute atomic E-state index is 0.125. The Bertz CT molecular complexity index is 472. The van der Waals surface area contributed by atoms with Gasteiger partial charge in [0.15, 0.2) is 11.5 Å². The van der Waals surface area contributed by atoms with Crippen LogP contribution in [0.15, 0.2) is 18.2 Å². The lowest BCUT2D eigenvalue weighted by Crippen LogP contribution is -2.24. The minimum Gasteiger partial charge on any atom is -0.490 e. The molecule has 0 aliphatic carbocycles. The molecular formula is C14H17NO3. The summed E-state index contributed by atoms with van der Waals surface area (Å²) in [5.41, 5.74) is 1.14. The first-order valence-corrected chi connectivity index (χ1v) is 6.43. The van der Waals surface area contributed by atoms with E-state index < -0.39 is 0 Å². The lowest BCUT2D eigenvalue weighted by molar-refractivity contribution is -0.119. The van der Waals surface area contributed by atoms with E-state index in [1.165, 1.54) is 0 Å². The smallest absolute Gasteiger partial charge is 0.220 e. The first-order valence-electron chi connectivity index (χ1n) is 6.43. The number of benzene rings is 1. The molecule has 2 heterocycles. The maximum atomic E-state index is 11.4. The van der Waals surface area contributed by atoms with E-state index in [1.807, 2.05) is 25.1 Å². The summed E-state index contributed by atoms with van der Waals surface area (Å²) < 4.78 is 11.3. The van der Waals surface area contributed by atoms with Crippen LogP contribution in [0.2, 0.25) is 0 Å². The monoisotopic (exact) mass is 247 g/mol. The van der Waals surface area contributed by atoms with Crippen LogP contribution >= 0.6 is 0 Å². The van der Waals surface area contributed by atoms with Crippen LogP contribution in [0.3, 0.4) is 0 Å². The molecule has 1 amide bonds. The number of nitrogens with one attached hydrogen (secondary N) is 1. The van der Waals surface area contributed by atoms with E-state index in [4.69, 9.17) is 9.47 Å². The van der Waals surface area contributed by atoms with Crippen LogP contribution in [0.25, 0.3) is 0 Å². The van der Waals surface area contributed by atoms with Crippen LogP contribution in [0, 0.1) is 0 Å². The molecule has 3 rings (SSSR count). The lowest BCUT2D eigenvalue weighted by atomic mass is 9.92. The highest BCUT2D eigenvalue weighted by atomic mass is 16.5. The highest BCUT2D eigenvalue weighted by molar-refractivity contribution is 5.80. The van der Waals surface area contributed by atoms with Crippen LogP contribution in [0.4, 0.5) is 0 Å². The number of rotatable bonds is 1. The second-order valence-electron chi connectivity index (χ2n) is 4.92. The molecule has 18 heavy (non-hydrogen) atoms. The Kier molecular flexibility index (Phi) is 2.86. The van der Waals surface area contributed by atoms with Crippen LogP contribution in [-0.2, 0) is 4.79 Å². The molecule has 0 bridgehead atoms. The van der Waals surface area contributed by atoms with Gasteiger partial charge in [-0.1, -0.05) is 6.07 Å². The number of hydrogen-bond donors (Lipinski definition) is 1. The summed E-state index contributed by atoms with van der Waals surface area (Å²) in [5.74, 6) is 1.96. The van der Waals surface area contributed by atoms with Gasteiger partial charge in [-0.3, -0.25) is 4.79 Å². The number of amides is 1. The molecule has 1 aromatic rings. The van der Waals surface area contributed by atoms with Crippen molar-refractivity contribution in [2.24, 2.45) is 0 Å². The van der Waals surface area contributed by atoms with Gasteiger partial charge in [-0.2, -0.15) is 0 Å². The lowest BCUT2D eigenvalue weighted by Gasteiger charge is -2.16. The zero-order chi connectivity index (χ0) is 12.5. The van der Waals surface area contributed by atoms with Crippen molar-refractivity contribution in [3.63, 3.8) is 0 Å². The van der Waals surface area contributed by atoms with Crippen molar-refractivity contribution in [1.29, 1.82) is 0 Å². The molecule has 2 unspecified atom stereocenters. The van der Waals surface area contributed by atoms with Gasteiger partial charge in [0.25, 0.3) is 0 Å². The first-order chi connectivity index (χ1) is 8.74. The molecule has 2 aliphatic rings. The molecule has 2 atom stereocenters. The van der Waals surface area contributed by atoms with Crippen molar-refractivity contribution in [1.82, 2.24) is 5.32 Å². The largest absolute Gasteiger partial charge is 0.490 e. The van der Waals surface area contributed by atoms with E-state index in [0.29, 0.717) is 19.6 Å². The van der Waals surface area contributed by atoms with Crippen LogP contribution in [0.5, 0.6) is 11.5 Å². The van der Waals surface area contributed by atoms with Gasteiger partial charge < -0.3 is 14.8 Å². The molecule has 1 saturated heterocycles. The topological polar surface area (TPSA) is 47.6 Å². The van der Waals surface area contributed by atoms with Crippen molar-refractivity contribution in [2.75, 3.05) is 13.2 Å². The molecule has 0 spiro atoms. The summed E-state index contributed by atoms with van der Waals surface area (Å²) in [6, 6.07) is 6.19. The van der Waals surface area contributed by atoms with Gasteiger partial charge in [0.1, 0.15) is 0 Å². The predicted molar refractivity (Wildman–Crippen MR) is 67.0 cm³/mol. The molecule has 0 saturated carbocycles. The summed E-state index contributed by atoms with van der Waals surface area (Å²) >= 11 is 0. The zero-order valence-corrected chi connectivity index (χ0v) is 10.4. The maximum absolute atomic E-state index is 11.4. The Balaban J connectivity index is 1.89. The van der Waals surface area contributed by atoms with Gasteiger partial charge in [-0.05, 0) is 24.6 Å². The Morgan fingerprint density at radius 1 is 1.22 bits per heavy atom. The fourth-order valence-electron chi connectivity index (χ4n) is 2.61. The molecule has 1 N–H and O–H groups in total. The molecule has 1 aromatic carbocycles. The molecule has 2 aliphatic heterocycles. The summed E-state index contributed by atoms with van der Waals surface area (Å²) in [5, 5.41) is 2.95. The van der Waals surface area contributed by atoms with Crippen LogP contribution < -0.4 is 14.8 Å². The summed E-state index contributed by atoms with van der Waals surface area (Å²) in [7, 11) is 0. The van der Waals surface area contributed by atoms with E-state index in [-0.39, 0.29) is 17.9 Å². The molecular weight excluding hydrogens is 230 g/mol. The maximum Gasteiger partial charge on any atom is 0.220 e. The fourth-order valence-corrected chi connectivity index (χ4v) is 2.61. The number of carbonyl (C=O) groups is 1. The zero-order valence-electron chi connectivity index (χ0n) is 10.4. The van der Waals surface area contributed by atoms with Crippen molar-refractivity contribution in [3.05, 3.63) is 23.8 Å². The molecule has 0 radical (unpaired) electrons. The van der Waals surface area contributed by atoms with Gasteiger partial charge in [0.05, 0.1) is 13.2 Å². The highest BCUT2D eigenvalue weighted by Gasteiger charge is 2.30.